The summed E-state index contributed by atoms with van der Waals surface area (Å²) in [5, 5.41) is 3.79. The Morgan fingerprint density at radius 2 is 2.04 bits per heavy atom. The maximum absolute atomic E-state index is 12.3. The average molecular weight is 374 g/mol. The number of morpholine rings is 1. The third kappa shape index (κ3) is 5.27. The van der Waals surface area contributed by atoms with Gasteiger partial charge in [-0.2, -0.15) is 0 Å². The van der Waals surface area contributed by atoms with Crippen molar-refractivity contribution in [2.45, 2.75) is 18.9 Å². The van der Waals surface area contributed by atoms with E-state index in [9.17, 15) is 4.79 Å². The molecule has 2 heterocycles. The number of amides is 1. The molecule has 0 aliphatic carbocycles. The lowest BCUT2D eigenvalue weighted by Crippen LogP contribution is -2.43. The van der Waals surface area contributed by atoms with Crippen molar-refractivity contribution in [3.8, 4) is 0 Å². The highest BCUT2D eigenvalue weighted by Crippen LogP contribution is 2.21. The van der Waals surface area contributed by atoms with Crippen molar-refractivity contribution in [3.63, 3.8) is 0 Å². The van der Waals surface area contributed by atoms with Crippen LogP contribution in [0, 0.1) is 0 Å². The van der Waals surface area contributed by atoms with Crippen LogP contribution in [0.25, 0.3) is 0 Å². The molecule has 1 aromatic carbocycles. The lowest BCUT2D eigenvalue weighted by Gasteiger charge is -2.34. The second-order valence-corrected chi connectivity index (χ2v) is 6.75. The van der Waals surface area contributed by atoms with Gasteiger partial charge in [0.15, 0.2) is 0 Å². The van der Waals surface area contributed by atoms with E-state index in [1.54, 1.807) is 6.20 Å². The summed E-state index contributed by atoms with van der Waals surface area (Å²) in [5.74, 6) is 0.0343. The van der Waals surface area contributed by atoms with Crippen molar-refractivity contribution >= 4 is 17.5 Å². The summed E-state index contributed by atoms with van der Waals surface area (Å²) >= 11 is 6.16. The number of halogens is 1. The van der Waals surface area contributed by atoms with Crippen LogP contribution in [0.3, 0.4) is 0 Å². The van der Waals surface area contributed by atoms with E-state index in [4.69, 9.17) is 16.3 Å². The van der Waals surface area contributed by atoms with Crippen molar-refractivity contribution in [1.29, 1.82) is 0 Å². The van der Waals surface area contributed by atoms with Gasteiger partial charge in [0.2, 0.25) is 5.91 Å². The Kier molecular flexibility index (Phi) is 7.00. The maximum atomic E-state index is 12.3. The molecular formula is C20H24ClN3O2. The van der Waals surface area contributed by atoms with Gasteiger partial charge in [-0.05, 0) is 29.7 Å². The van der Waals surface area contributed by atoms with E-state index < -0.39 is 0 Å². The first-order valence-corrected chi connectivity index (χ1v) is 9.33. The first-order valence-electron chi connectivity index (χ1n) is 8.96. The molecule has 0 radical (unpaired) electrons. The molecule has 0 saturated carbocycles. The van der Waals surface area contributed by atoms with Crippen LogP contribution in [0.15, 0.2) is 48.8 Å². The first kappa shape index (κ1) is 18.8. The number of nitrogens with zero attached hydrogens (tertiary/aromatic N) is 2. The number of carbonyl (C=O) groups excluding carboxylic acids is 1. The summed E-state index contributed by atoms with van der Waals surface area (Å²) in [6.45, 7) is 3.71. The van der Waals surface area contributed by atoms with Crippen molar-refractivity contribution in [1.82, 2.24) is 15.2 Å². The summed E-state index contributed by atoms with van der Waals surface area (Å²) in [4.78, 5) is 18.9. The van der Waals surface area contributed by atoms with Crippen LogP contribution in [0.1, 0.15) is 23.6 Å². The summed E-state index contributed by atoms with van der Waals surface area (Å²) in [7, 11) is 0. The molecule has 1 amide bonds. The van der Waals surface area contributed by atoms with Gasteiger partial charge < -0.3 is 10.1 Å². The molecule has 138 valence electrons. The quantitative estimate of drug-likeness (QED) is 0.810. The lowest BCUT2D eigenvalue weighted by molar-refractivity contribution is -0.121. The summed E-state index contributed by atoms with van der Waals surface area (Å²) in [6.07, 6.45) is 4.70. The van der Waals surface area contributed by atoms with Gasteiger partial charge in [0.25, 0.3) is 0 Å². The van der Waals surface area contributed by atoms with Crippen LogP contribution in [-0.4, -0.2) is 48.6 Å². The zero-order valence-corrected chi connectivity index (χ0v) is 15.5. The van der Waals surface area contributed by atoms with Gasteiger partial charge in [0, 0.05) is 43.5 Å². The van der Waals surface area contributed by atoms with Crippen molar-refractivity contribution in [2.75, 3.05) is 32.8 Å². The van der Waals surface area contributed by atoms with Crippen molar-refractivity contribution in [2.24, 2.45) is 0 Å². The second kappa shape index (κ2) is 9.67. The summed E-state index contributed by atoms with van der Waals surface area (Å²) in [6, 6.07) is 11.7. The van der Waals surface area contributed by atoms with Gasteiger partial charge in [0.1, 0.15) is 0 Å². The van der Waals surface area contributed by atoms with Gasteiger partial charge in [-0.15, -0.1) is 0 Å². The SMILES string of the molecule is O=C(CCc1ccccc1Cl)NCC(c1cccnc1)N1CCOCC1. The van der Waals surface area contributed by atoms with Gasteiger partial charge >= 0.3 is 0 Å². The Morgan fingerprint density at radius 1 is 1.23 bits per heavy atom. The minimum absolute atomic E-state index is 0.0343. The number of pyridine rings is 1. The van der Waals surface area contributed by atoms with E-state index in [0.717, 1.165) is 37.4 Å². The smallest absolute Gasteiger partial charge is 0.220 e. The molecule has 2 aromatic rings. The Morgan fingerprint density at radius 3 is 2.77 bits per heavy atom. The number of benzene rings is 1. The molecule has 1 aromatic heterocycles. The minimum Gasteiger partial charge on any atom is -0.379 e. The number of aromatic nitrogens is 1. The Balaban J connectivity index is 1.56. The molecule has 0 spiro atoms. The molecule has 0 bridgehead atoms. The molecule has 6 heteroatoms. The van der Waals surface area contributed by atoms with Crippen molar-refractivity contribution in [3.05, 3.63) is 64.9 Å². The fraction of sp³-hybridized carbons (Fsp3) is 0.400. The number of rotatable bonds is 7. The molecule has 1 unspecified atom stereocenters. The third-order valence-corrected chi connectivity index (χ3v) is 5.00. The molecule has 1 aliphatic heterocycles. The van der Waals surface area contributed by atoms with Crippen LogP contribution in [-0.2, 0) is 16.0 Å². The molecular weight excluding hydrogens is 350 g/mol. The summed E-state index contributed by atoms with van der Waals surface area (Å²) in [5.41, 5.74) is 2.11. The van der Waals surface area contributed by atoms with E-state index in [2.05, 4.69) is 21.3 Å². The lowest BCUT2D eigenvalue weighted by atomic mass is 10.1. The van der Waals surface area contributed by atoms with E-state index in [-0.39, 0.29) is 11.9 Å². The predicted octanol–water partition coefficient (Wildman–Crippen LogP) is 2.86. The number of carbonyl (C=O) groups is 1. The number of hydrogen-bond donors (Lipinski definition) is 1. The zero-order chi connectivity index (χ0) is 18.2. The van der Waals surface area contributed by atoms with E-state index in [0.29, 0.717) is 24.4 Å². The largest absolute Gasteiger partial charge is 0.379 e. The Hall–Kier alpha value is -1.95. The number of ether oxygens (including phenoxy) is 1. The minimum atomic E-state index is 0.0343. The third-order valence-electron chi connectivity index (χ3n) is 4.63. The highest BCUT2D eigenvalue weighted by atomic mass is 35.5. The van der Waals surface area contributed by atoms with Crippen molar-refractivity contribution < 1.29 is 9.53 Å². The highest BCUT2D eigenvalue weighted by Gasteiger charge is 2.23. The molecule has 1 saturated heterocycles. The average Bonchev–Trinajstić information content (AvgIpc) is 2.69. The fourth-order valence-corrected chi connectivity index (χ4v) is 3.40. The van der Waals surface area contributed by atoms with Gasteiger partial charge in [-0.25, -0.2) is 0 Å². The normalized spacial score (nSPS) is 16.2. The Bertz CT molecular complexity index is 705. The number of aryl methyl sites for hydroxylation is 1. The molecule has 5 nitrogen and oxygen atoms in total. The highest BCUT2D eigenvalue weighted by molar-refractivity contribution is 6.31. The van der Waals surface area contributed by atoms with Crippen LogP contribution >= 0.6 is 11.6 Å². The van der Waals surface area contributed by atoms with Crippen LogP contribution < -0.4 is 5.32 Å². The van der Waals surface area contributed by atoms with Gasteiger partial charge in [-0.3, -0.25) is 14.7 Å². The second-order valence-electron chi connectivity index (χ2n) is 6.35. The number of nitrogens with one attached hydrogen (secondary N) is 1. The van der Waals surface area contributed by atoms with E-state index >= 15 is 0 Å². The van der Waals surface area contributed by atoms with Gasteiger partial charge in [-0.1, -0.05) is 35.9 Å². The fourth-order valence-electron chi connectivity index (χ4n) is 3.17. The maximum Gasteiger partial charge on any atom is 0.220 e. The van der Waals surface area contributed by atoms with Crippen LogP contribution in [0.4, 0.5) is 0 Å². The molecule has 26 heavy (non-hydrogen) atoms. The van der Waals surface area contributed by atoms with Gasteiger partial charge in [0.05, 0.1) is 19.3 Å². The van der Waals surface area contributed by atoms with E-state index in [1.807, 2.05) is 36.5 Å². The number of hydrogen-bond acceptors (Lipinski definition) is 4. The topological polar surface area (TPSA) is 54.5 Å². The van der Waals surface area contributed by atoms with E-state index in [1.165, 1.54) is 0 Å². The van der Waals surface area contributed by atoms with Crippen LogP contribution in [0.2, 0.25) is 5.02 Å². The Labute approximate surface area is 159 Å². The molecule has 1 aliphatic rings. The molecule has 3 rings (SSSR count). The standard InChI is InChI=1S/C20H24ClN3O2/c21-18-6-2-1-4-16(18)7-8-20(25)23-15-19(17-5-3-9-22-14-17)24-10-12-26-13-11-24/h1-6,9,14,19H,7-8,10-13,15H2,(H,23,25). The summed E-state index contributed by atoms with van der Waals surface area (Å²) < 4.78 is 5.45. The zero-order valence-electron chi connectivity index (χ0n) is 14.7. The van der Waals surface area contributed by atoms with Crippen LogP contribution in [0.5, 0.6) is 0 Å². The molecule has 1 N–H and O–H groups in total. The predicted molar refractivity (Wildman–Crippen MR) is 102 cm³/mol. The molecule has 1 atom stereocenters. The monoisotopic (exact) mass is 373 g/mol. The first-order chi connectivity index (χ1) is 12.7. The molecule has 1 fully saturated rings.